The Labute approximate surface area is 213 Å². The number of aromatic nitrogens is 1. The molecule has 2 heterocycles. The molecule has 3 aromatic carbocycles. The van der Waals surface area contributed by atoms with E-state index >= 15 is 0 Å². The highest BCUT2D eigenvalue weighted by atomic mass is 32.1. The summed E-state index contributed by atoms with van der Waals surface area (Å²) in [7, 11) is 1.61. The number of hydrogen-bond acceptors (Lipinski definition) is 6. The van der Waals surface area contributed by atoms with Crippen LogP contribution >= 0.6 is 11.3 Å². The Morgan fingerprint density at radius 1 is 1.03 bits per heavy atom. The molecule has 1 aromatic heterocycles. The van der Waals surface area contributed by atoms with E-state index in [2.05, 4.69) is 18.8 Å². The fourth-order valence-electron chi connectivity index (χ4n) is 4.51. The summed E-state index contributed by atoms with van der Waals surface area (Å²) in [6.07, 6.45) is 0. The normalized spacial score (nSPS) is 17.4. The van der Waals surface area contributed by atoms with Gasteiger partial charge in [0.2, 0.25) is 0 Å². The Morgan fingerprint density at radius 3 is 2.36 bits per heavy atom. The maximum absolute atomic E-state index is 13.4. The van der Waals surface area contributed by atoms with Crippen molar-refractivity contribution in [3.05, 3.63) is 94.0 Å². The lowest BCUT2D eigenvalue weighted by Gasteiger charge is -2.23. The Balaban J connectivity index is 1.68. The predicted molar refractivity (Wildman–Crippen MR) is 143 cm³/mol. The molecule has 6 nitrogen and oxygen atoms in total. The summed E-state index contributed by atoms with van der Waals surface area (Å²) in [6, 6.07) is 18.1. The van der Waals surface area contributed by atoms with Gasteiger partial charge in [-0.25, -0.2) is 4.98 Å². The average molecular weight is 499 g/mol. The number of benzene rings is 3. The molecule has 182 valence electrons. The van der Waals surface area contributed by atoms with E-state index in [9.17, 15) is 14.7 Å². The molecule has 0 spiro atoms. The number of hydrogen-bond donors (Lipinski definition) is 1. The zero-order valence-electron chi connectivity index (χ0n) is 20.5. The number of amides is 1. The third-order valence-corrected chi connectivity index (χ3v) is 7.45. The van der Waals surface area contributed by atoms with Crippen molar-refractivity contribution in [2.45, 2.75) is 32.7 Å². The molecule has 36 heavy (non-hydrogen) atoms. The number of rotatable bonds is 5. The molecule has 1 amide bonds. The van der Waals surface area contributed by atoms with Crippen LogP contribution in [-0.2, 0) is 9.59 Å². The number of aryl methyl sites for hydroxylation is 1. The van der Waals surface area contributed by atoms with E-state index in [1.807, 2.05) is 66.9 Å². The minimum atomic E-state index is -0.789. The first-order chi connectivity index (χ1) is 17.3. The Morgan fingerprint density at radius 2 is 1.72 bits per heavy atom. The number of carbonyl (C=O) groups excluding carboxylic acids is 2. The summed E-state index contributed by atoms with van der Waals surface area (Å²) in [6.45, 7) is 6.05. The van der Waals surface area contributed by atoms with Crippen molar-refractivity contribution in [3.63, 3.8) is 0 Å². The van der Waals surface area contributed by atoms with Crippen LogP contribution in [0.25, 0.3) is 16.5 Å². The van der Waals surface area contributed by atoms with Crippen molar-refractivity contribution < 1.29 is 19.4 Å². The van der Waals surface area contributed by atoms with Gasteiger partial charge in [-0.1, -0.05) is 56.3 Å². The molecule has 1 aliphatic heterocycles. The first-order valence-electron chi connectivity index (χ1n) is 11.7. The maximum Gasteiger partial charge on any atom is 0.301 e. The van der Waals surface area contributed by atoms with Crippen LogP contribution in [0.1, 0.15) is 48.2 Å². The molecule has 1 N–H and O–H groups in total. The van der Waals surface area contributed by atoms with Crippen LogP contribution in [-0.4, -0.2) is 28.9 Å². The van der Waals surface area contributed by atoms with Crippen LogP contribution < -0.4 is 9.64 Å². The SMILES string of the molecule is COc1ccc2cc(/C(O)=C3\C(=O)C(=O)N(c4nc(C)cs4)C3c3ccc(C(C)C)cc3)ccc2c1. The third kappa shape index (κ3) is 4.05. The summed E-state index contributed by atoms with van der Waals surface area (Å²) in [5.74, 6) is -0.570. The zero-order valence-corrected chi connectivity index (χ0v) is 21.3. The van der Waals surface area contributed by atoms with Crippen molar-refractivity contribution in [2.24, 2.45) is 0 Å². The van der Waals surface area contributed by atoms with Gasteiger partial charge in [-0.2, -0.15) is 0 Å². The quantitative estimate of drug-likeness (QED) is 0.197. The molecular weight excluding hydrogens is 472 g/mol. The van der Waals surface area contributed by atoms with Gasteiger partial charge < -0.3 is 9.84 Å². The van der Waals surface area contributed by atoms with E-state index in [-0.39, 0.29) is 11.3 Å². The summed E-state index contributed by atoms with van der Waals surface area (Å²) in [5.41, 5.74) is 3.16. The molecule has 0 bridgehead atoms. The number of anilines is 1. The second-order valence-corrected chi connectivity index (χ2v) is 10.0. The molecule has 1 aliphatic rings. The Bertz CT molecular complexity index is 1520. The number of ether oxygens (including phenoxy) is 1. The number of carbonyl (C=O) groups is 2. The summed E-state index contributed by atoms with van der Waals surface area (Å²) < 4.78 is 5.30. The minimum Gasteiger partial charge on any atom is -0.507 e. The van der Waals surface area contributed by atoms with Gasteiger partial charge >= 0.3 is 5.91 Å². The van der Waals surface area contributed by atoms with Crippen molar-refractivity contribution in [1.82, 2.24) is 4.98 Å². The standard InChI is InChI=1S/C29H26N2O4S/c1-16(2)18-5-7-19(8-6-18)25-24(27(33)28(34)31(25)29-30-17(3)15-36-29)26(32)22-10-9-21-14-23(35-4)12-11-20(21)13-22/h5-16,25,32H,1-4H3/b26-24+. The summed E-state index contributed by atoms with van der Waals surface area (Å²) in [5, 5.41) is 15.5. The van der Waals surface area contributed by atoms with Crippen molar-refractivity contribution in [2.75, 3.05) is 12.0 Å². The number of aliphatic hydroxyl groups is 1. The topological polar surface area (TPSA) is 79.7 Å². The van der Waals surface area contributed by atoms with Gasteiger partial charge in [0.05, 0.1) is 24.4 Å². The molecule has 1 saturated heterocycles. The van der Waals surface area contributed by atoms with Gasteiger partial charge in [-0.05, 0) is 52.9 Å². The molecule has 4 aromatic rings. The highest BCUT2D eigenvalue weighted by Crippen LogP contribution is 2.43. The molecular formula is C29H26N2O4S. The molecule has 0 aliphatic carbocycles. The van der Waals surface area contributed by atoms with Crippen LogP contribution in [0.15, 0.2) is 71.6 Å². The Hall–Kier alpha value is -3.97. The Kier molecular flexibility index (Phi) is 6.10. The number of nitrogens with zero attached hydrogens (tertiary/aromatic N) is 2. The minimum absolute atomic E-state index is 0.0537. The van der Waals surface area contributed by atoms with Crippen molar-refractivity contribution >= 4 is 44.7 Å². The van der Waals surface area contributed by atoms with Gasteiger partial charge in [0.25, 0.3) is 5.78 Å². The molecule has 5 rings (SSSR count). The largest absolute Gasteiger partial charge is 0.507 e. The molecule has 1 fully saturated rings. The van der Waals surface area contributed by atoms with Crippen LogP contribution in [0.4, 0.5) is 5.13 Å². The molecule has 0 radical (unpaired) electrons. The summed E-state index contributed by atoms with van der Waals surface area (Å²) in [4.78, 5) is 32.5. The van der Waals surface area contributed by atoms with Crippen LogP contribution in [0, 0.1) is 6.92 Å². The predicted octanol–water partition coefficient (Wildman–Crippen LogP) is 6.36. The second kappa shape index (κ2) is 9.24. The second-order valence-electron chi connectivity index (χ2n) is 9.19. The first kappa shape index (κ1) is 23.8. The van der Waals surface area contributed by atoms with Gasteiger partial charge in [-0.15, -0.1) is 11.3 Å². The number of aliphatic hydroxyl groups excluding tert-OH is 1. The van der Waals surface area contributed by atoms with E-state index in [0.29, 0.717) is 16.6 Å². The molecule has 0 saturated carbocycles. The van der Waals surface area contributed by atoms with E-state index in [1.165, 1.54) is 16.2 Å². The van der Waals surface area contributed by atoms with E-state index < -0.39 is 17.7 Å². The number of ketones is 1. The average Bonchev–Trinajstić information content (AvgIpc) is 3.43. The fourth-order valence-corrected chi connectivity index (χ4v) is 5.34. The number of thiazole rings is 1. The highest BCUT2D eigenvalue weighted by Gasteiger charge is 2.48. The smallest absolute Gasteiger partial charge is 0.301 e. The molecule has 1 atom stereocenters. The maximum atomic E-state index is 13.4. The first-order valence-corrected chi connectivity index (χ1v) is 12.6. The van der Waals surface area contributed by atoms with E-state index in [1.54, 1.807) is 13.2 Å². The highest BCUT2D eigenvalue weighted by molar-refractivity contribution is 7.14. The monoisotopic (exact) mass is 498 g/mol. The van der Waals surface area contributed by atoms with Gasteiger partial charge in [0.1, 0.15) is 11.5 Å². The lowest BCUT2D eigenvalue weighted by atomic mass is 9.93. The van der Waals surface area contributed by atoms with Crippen LogP contribution in [0.3, 0.4) is 0 Å². The third-order valence-electron chi connectivity index (χ3n) is 6.50. The summed E-state index contributed by atoms with van der Waals surface area (Å²) >= 11 is 1.30. The molecule has 1 unspecified atom stereocenters. The van der Waals surface area contributed by atoms with E-state index in [4.69, 9.17) is 4.74 Å². The lowest BCUT2D eigenvalue weighted by molar-refractivity contribution is -0.132. The lowest BCUT2D eigenvalue weighted by Crippen LogP contribution is -2.29. The van der Waals surface area contributed by atoms with Gasteiger partial charge in [0.15, 0.2) is 5.13 Å². The number of Topliss-reactive ketones (excluding diaryl/α,β-unsaturated/α-hetero) is 1. The van der Waals surface area contributed by atoms with E-state index in [0.717, 1.165) is 33.3 Å². The number of fused-ring (bicyclic) bond motifs is 1. The van der Waals surface area contributed by atoms with Crippen LogP contribution in [0.2, 0.25) is 0 Å². The number of methoxy groups -OCH3 is 1. The van der Waals surface area contributed by atoms with Crippen molar-refractivity contribution in [3.8, 4) is 5.75 Å². The van der Waals surface area contributed by atoms with Gasteiger partial charge in [-0.3, -0.25) is 14.5 Å². The molecule has 7 heteroatoms. The van der Waals surface area contributed by atoms with Gasteiger partial charge in [0, 0.05) is 10.9 Å². The zero-order chi connectivity index (χ0) is 25.6. The fraction of sp³-hybridized carbons (Fsp3) is 0.207. The van der Waals surface area contributed by atoms with Crippen molar-refractivity contribution in [1.29, 1.82) is 0 Å². The van der Waals surface area contributed by atoms with Crippen LogP contribution in [0.5, 0.6) is 5.75 Å².